The van der Waals surface area contributed by atoms with E-state index in [4.69, 9.17) is 0 Å². The molecule has 0 spiro atoms. The summed E-state index contributed by atoms with van der Waals surface area (Å²) >= 11 is 0. The predicted octanol–water partition coefficient (Wildman–Crippen LogP) is 4.47. The number of rotatable bonds is 5. The summed E-state index contributed by atoms with van der Waals surface area (Å²) in [4.78, 5) is 23.6. The highest BCUT2D eigenvalue weighted by Crippen LogP contribution is 2.34. The summed E-state index contributed by atoms with van der Waals surface area (Å²) in [5.74, 6) is -0.0508. The standard InChI is InChI=1S/C25H28N4O3S/c1-5-17-11-12-19(13-16(17)3)33(31,32)28-25-26-15-23-22(27-25)14-18(6-2)20-9-7-8-10-21(20)24(30)29(23)4/h7-13,15,18H,5-6,14H2,1-4H3,(H,26,27,28). The minimum Gasteiger partial charge on any atom is -0.308 e. The molecule has 1 aliphatic heterocycles. The van der Waals surface area contributed by atoms with Gasteiger partial charge in [-0.05, 0) is 67.0 Å². The van der Waals surface area contributed by atoms with Gasteiger partial charge in [0.25, 0.3) is 15.9 Å². The molecule has 8 heteroatoms. The van der Waals surface area contributed by atoms with Gasteiger partial charge in [0.2, 0.25) is 5.95 Å². The van der Waals surface area contributed by atoms with Crippen LogP contribution in [0.15, 0.2) is 53.6 Å². The lowest BCUT2D eigenvalue weighted by Crippen LogP contribution is -2.31. The van der Waals surface area contributed by atoms with Crippen LogP contribution in [0.2, 0.25) is 0 Å². The van der Waals surface area contributed by atoms with Gasteiger partial charge in [-0.15, -0.1) is 0 Å². The molecule has 1 unspecified atom stereocenters. The van der Waals surface area contributed by atoms with Crippen LogP contribution in [-0.2, 0) is 22.9 Å². The first-order valence-corrected chi connectivity index (χ1v) is 12.6. The maximum atomic E-state index is 13.2. The first kappa shape index (κ1) is 22.9. The fourth-order valence-electron chi connectivity index (χ4n) is 4.35. The molecule has 33 heavy (non-hydrogen) atoms. The Morgan fingerprint density at radius 2 is 1.91 bits per heavy atom. The Labute approximate surface area is 194 Å². The number of amides is 1. The summed E-state index contributed by atoms with van der Waals surface area (Å²) in [6.45, 7) is 6.00. The number of nitrogens with one attached hydrogen (secondary N) is 1. The summed E-state index contributed by atoms with van der Waals surface area (Å²) in [5.41, 5.74) is 4.90. The number of aryl methyl sites for hydroxylation is 2. The van der Waals surface area contributed by atoms with Crippen LogP contribution >= 0.6 is 0 Å². The largest absolute Gasteiger partial charge is 0.308 e. The van der Waals surface area contributed by atoms with E-state index in [9.17, 15) is 13.2 Å². The van der Waals surface area contributed by atoms with Gasteiger partial charge in [-0.1, -0.05) is 38.1 Å². The molecule has 2 aromatic carbocycles. The number of carbonyl (C=O) groups is 1. The Kier molecular flexibility index (Phi) is 6.21. The summed E-state index contributed by atoms with van der Waals surface area (Å²) in [6, 6.07) is 12.7. The van der Waals surface area contributed by atoms with Crippen molar-refractivity contribution in [1.82, 2.24) is 9.97 Å². The second-order valence-corrected chi connectivity index (χ2v) is 10.0. The van der Waals surface area contributed by atoms with E-state index >= 15 is 0 Å². The van der Waals surface area contributed by atoms with Crippen LogP contribution in [-0.4, -0.2) is 31.3 Å². The Balaban J connectivity index is 1.70. The molecule has 0 radical (unpaired) electrons. The van der Waals surface area contributed by atoms with E-state index in [1.807, 2.05) is 44.2 Å². The van der Waals surface area contributed by atoms with Crippen molar-refractivity contribution in [2.75, 3.05) is 16.7 Å². The molecular weight excluding hydrogens is 436 g/mol. The zero-order chi connectivity index (χ0) is 23.8. The lowest BCUT2D eigenvalue weighted by atomic mass is 9.86. The minimum absolute atomic E-state index is 0.00414. The van der Waals surface area contributed by atoms with Gasteiger partial charge in [0.05, 0.1) is 22.5 Å². The Bertz CT molecular complexity index is 1320. The van der Waals surface area contributed by atoms with Gasteiger partial charge < -0.3 is 4.90 Å². The third-order valence-corrected chi connectivity index (χ3v) is 7.63. The number of fused-ring (bicyclic) bond motifs is 2. The number of carbonyl (C=O) groups excluding carboxylic acids is 1. The Morgan fingerprint density at radius 1 is 1.15 bits per heavy atom. The quantitative estimate of drug-likeness (QED) is 0.601. The minimum atomic E-state index is -3.85. The summed E-state index contributed by atoms with van der Waals surface area (Å²) in [7, 11) is -2.16. The number of anilines is 2. The number of aromatic nitrogens is 2. The van der Waals surface area contributed by atoms with Gasteiger partial charge in [-0.2, -0.15) is 0 Å². The molecular formula is C25H28N4O3S. The monoisotopic (exact) mass is 464 g/mol. The van der Waals surface area contributed by atoms with Crippen LogP contribution in [0.3, 0.4) is 0 Å². The zero-order valence-electron chi connectivity index (χ0n) is 19.3. The first-order chi connectivity index (χ1) is 15.7. The van der Waals surface area contributed by atoms with Gasteiger partial charge in [0.15, 0.2) is 0 Å². The van der Waals surface area contributed by atoms with Gasteiger partial charge in [0.1, 0.15) is 0 Å². The molecule has 1 atom stereocenters. The maximum absolute atomic E-state index is 13.2. The van der Waals surface area contributed by atoms with Crippen LogP contribution < -0.4 is 9.62 Å². The van der Waals surface area contributed by atoms with E-state index in [1.54, 1.807) is 19.2 Å². The van der Waals surface area contributed by atoms with Crippen LogP contribution in [0, 0.1) is 6.92 Å². The molecule has 0 saturated carbocycles. The smallest absolute Gasteiger partial charge is 0.264 e. The van der Waals surface area contributed by atoms with E-state index in [2.05, 4.69) is 21.6 Å². The van der Waals surface area contributed by atoms with Crippen molar-refractivity contribution in [1.29, 1.82) is 0 Å². The first-order valence-electron chi connectivity index (χ1n) is 11.1. The molecule has 0 saturated heterocycles. The molecule has 0 fully saturated rings. The summed E-state index contributed by atoms with van der Waals surface area (Å²) in [6.07, 6.45) is 3.75. The third kappa shape index (κ3) is 4.35. The number of hydrogen-bond donors (Lipinski definition) is 1. The van der Waals surface area contributed by atoms with Crippen LogP contribution in [0.5, 0.6) is 0 Å². The molecule has 1 amide bonds. The van der Waals surface area contributed by atoms with Crippen molar-refractivity contribution < 1.29 is 13.2 Å². The van der Waals surface area contributed by atoms with Gasteiger partial charge >= 0.3 is 0 Å². The van der Waals surface area contributed by atoms with Crippen LogP contribution in [0.25, 0.3) is 0 Å². The average molecular weight is 465 g/mol. The van der Waals surface area contributed by atoms with E-state index in [0.29, 0.717) is 23.4 Å². The Hall–Kier alpha value is -3.26. The van der Waals surface area contributed by atoms with E-state index in [0.717, 1.165) is 29.5 Å². The lowest BCUT2D eigenvalue weighted by molar-refractivity contribution is 0.0990. The molecule has 172 valence electrons. The number of benzene rings is 2. The number of nitrogens with zero attached hydrogens (tertiary/aromatic N) is 3. The van der Waals surface area contributed by atoms with Crippen LogP contribution in [0.1, 0.15) is 58.9 Å². The molecule has 7 nitrogen and oxygen atoms in total. The third-order valence-electron chi connectivity index (χ3n) is 6.31. The van der Waals surface area contributed by atoms with Crippen molar-refractivity contribution in [3.8, 4) is 0 Å². The molecule has 4 rings (SSSR count). The van der Waals surface area contributed by atoms with Crippen molar-refractivity contribution in [3.63, 3.8) is 0 Å². The topological polar surface area (TPSA) is 92.3 Å². The van der Waals surface area contributed by atoms with E-state index in [1.165, 1.54) is 11.1 Å². The average Bonchev–Trinajstić information content (AvgIpc) is 2.81. The molecule has 2 heterocycles. The highest BCUT2D eigenvalue weighted by Gasteiger charge is 2.28. The second kappa shape index (κ2) is 8.94. The number of hydrogen-bond acceptors (Lipinski definition) is 5. The second-order valence-electron chi connectivity index (χ2n) is 8.33. The molecule has 1 aromatic heterocycles. The van der Waals surface area contributed by atoms with E-state index < -0.39 is 10.0 Å². The maximum Gasteiger partial charge on any atom is 0.264 e. The molecule has 0 bridgehead atoms. The fraction of sp³-hybridized carbons (Fsp3) is 0.320. The molecule has 3 aromatic rings. The normalized spacial score (nSPS) is 15.9. The summed E-state index contributed by atoms with van der Waals surface area (Å²) in [5, 5.41) is 0. The number of sulfonamides is 1. The fourth-order valence-corrected chi connectivity index (χ4v) is 5.38. The Morgan fingerprint density at radius 3 is 2.61 bits per heavy atom. The van der Waals surface area contributed by atoms with Gasteiger partial charge in [-0.3, -0.25) is 4.79 Å². The highest BCUT2D eigenvalue weighted by atomic mass is 32.2. The van der Waals surface area contributed by atoms with Gasteiger partial charge in [0, 0.05) is 12.6 Å². The van der Waals surface area contributed by atoms with Gasteiger partial charge in [-0.25, -0.2) is 23.1 Å². The summed E-state index contributed by atoms with van der Waals surface area (Å²) < 4.78 is 28.5. The SMILES string of the molecule is CCc1ccc(S(=O)(=O)Nc2ncc3c(n2)CC(CC)c2ccccc2C(=O)N3C)cc1C. The predicted molar refractivity (Wildman–Crippen MR) is 129 cm³/mol. The van der Waals surface area contributed by atoms with E-state index in [-0.39, 0.29) is 22.7 Å². The van der Waals surface area contributed by atoms with Crippen molar-refractivity contribution in [3.05, 3.63) is 76.6 Å². The van der Waals surface area contributed by atoms with Crippen LogP contribution in [0.4, 0.5) is 11.6 Å². The van der Waals surface area contributed by atoms with Crippen molar-refractivity contribution in [2.45, 2.75) is 50.8 Å². The molecule has 1 N–H and O–H groups in total. The highest BCUT2D eigenvalue weighted by molar-refractivity contribution is 7.92. The lowest BCUT2D eigenvalue weighted by Gasteiger charge is -2.28. The van der Waals surface area contributed by atoms with Crippen molar-refractivity contribution in [2.24, 2.45) is 0 Å². The molecule has 0 aliphatic carbocycles. The molecule has 1 aliphatic rings. The van der Waals surface area contributed by atoms with Crippen molar-refractivity contribution >= 4 is 27.6 Å². The zero-order valence-corrected chi connectivity index (χ0v) is 20.1.